The molecule has 2 aliphatic rings. The number of aromatic nitrogens is 3. The first-order chi connectivity index (χ1) is 26.5. The monoisotopic (exact) mass is 733 g/mol. The molecule has 1 aliphatic heterocycles. The first kappa shape index (κ1) is 37.6. The molecule has 1 N–H and O–H groups in total. The van der Waals surface area contributed by atoms with Crippen molar-refractivity contribution in [1.29, 1.82) is 0 Å². The second-order valence-electron chi connectivity index (χ2n) is 13.9. The molecule has 11 heteroatoms. The summed E-state index contributed by atoms with van der Waals surface area (Å²) in [6.45, 7) is 2.84. The van der Waals surface area contributed by atoms with Crippen LogP contribution in [-0.4, -0.2) is 76.1 Å². The van der Waals surface area contributed by atoms with Crippen molar-refractivity contribution in [3.63, 3.8) is 0 Å². The summed E-state index contributed by atoms with van der Waals surface area (Å²) in [5, 5.41) is 20.7. The number of benzene rings is 4. The van der Waals surface area contributed by atoms with Crippen molar-refractivity contribution >= 4 is 5.97 Å². The predicted molar refractivity (Wildman–Crippen MR) is 200 cm³/mol. The fraction of sp³-hybridized carbons (Fsp3) is 0.372. The van der Waals surface area contributed by atoms with Gasteiger partial charge in [-0.05, 0) is 36.5 Å². The van der Waals surface area contributed by atoms with Crippen LogP contribution >= 0.6 is 0 Å². The summed E-state index contributed by atoms with van der Waals surface area (Å²) in [7, 11) is 1.35. The maximum Gasteiger partial charge on any atom is 0.308 e. The molecule has 1 aromatic heterocycles. The summed E-state index contributed by atoms with van der Waals surface area (Å²) in [6.07, 6.45) is -3.09. The minimum atomic E-state index is -1.07. The van der Waals surface area contributed by atoms with E-state index in [-0.39, 0.29) is 13.0 Å². The number of methoxy groups -OCH3 is 1. The molecule has 5 aromatic rings. The van der Waals surface area contributed by atoms with Crippen LogP contribution in [0.1, 0.15) is 42.5 Å². The molecule has 2 fully saturated rings. The highest BCUT2D eigenvalue weighted by molar-refractivity contribution is 5.72. The fourth-order valence-electron chi connectivity index (χ4n) is 7.32. The fourth-order valence-corrected chi connectivity index (χ4v) is 7.32. The van der Waals surface area contributed by atoms with Gasteiger partial charge < -0.3 is 33.5 Å². The Hall–Kier alpha value is -4.75. The molecule has 1 saturated heterocycles. The van der Waals surface area contributed by atoms with Crippen LogP contribution in [0.5, 0.6) is 0 Å². The third-order valence-corrected chi connectivity index (χ3v) is 10.1. The summed E-state index contributed by atoms with van der Waals surface area (Å²) in [4.78, 5) is 12.9. The molecule has 1 saturated carbocycles. The lowest BCUT2D eigenvalue weighted by molar-refractivity contribution is -0.338. The van der Waals surface area contributed by atoms with E-state index in [1.807, 2.05) is 134 Å². The van der Waals surface area contributed by atoms with Gasteiger partial charge in [0.05, 0.1) is 57.3 Å². The zero-order valence-corrected chi connectivity index (χ0v) is 30.5. The average molecular weight is 734 g/mol. The van der Waals surface area contributed by atoms with Gasteiger partial charge in [-0.3, -0.25) is 4.79 Å². The summed E-state index contributed by atoms with van der Waals surface area (Å²) in [5.41, 5.74) is 4.52. The number of aliphatic hydroxyl groups is 1. The molecule has 0 amide bonds. The third kappa shape index (κ3) is 9.12. The van der Waals surface area contributed by atoms with Crippen LogP contribution in [0.3, 0.4) is 0 Å². The standard InChI is InChI=1S/C43H47N3O8/c1-29-38(50-26-30-15-7-3-8-16-30)40(51-27-31-17-9-4-10-18-31)41(52-28-32-19-11-5-12-20-32)43(53-29)54-39-36(23-34(24-37(39)47)42(48)49-2)46-25-35(44-45-46)33-21-13-6-14-22-33/h3-22,25,29,34,36-41,43,47H,23-24,26-28H2,1-2H3/t29?,34?,36-,37-,38-,39?,40?,41?,43+/m1/s1. The van der Waals surface area contributed by atoms with E-state index in [0.717, 1.165) is 22.3 Å². The molecule has 4 aromatic carbocycles. The van der Waals surface area contributed by atoms with Gasteiger partial charge >= 0.3 is 5.97 Å². The molecular weight excluding hydrogens is 686 g/mol. The smallest absolute Gasteiger partial charge is 0.308 e. The van der Waals surface area contributed by atoms with Gasteiger partial charge in [0.2, 0.25) is 0 Å². The van der Waals surface area contributed by atoms with Gasteiger partial charge in [0.25, 0.3) is 0 Å². The minimum absolute atomic E-state index is 0.142. The van der Waals surface area contributed by atoms with Crippen molar-refractivity contribution < 1.29 is 38.3 Å². The third-order valence-electron chi connectivity index (χ3n) is 10.1. The molecule has 282 valence electrons. The molecule has 0 radical (unpaired) electrons. The van der Waals surface area contributed by atoms with E-state index < -0.39 is 60.8 Å². The SMILES string of the molecule is COC(=O)C1C[C@@H](O)C(O[C@@H]2OC(C)[C@@H](OCc3ccccc3)C(OCc3ccccc3)C2OCc2ccccc2)[C@H](n2cc(-c3ccccc3)nn2)C1. The largest absolute Gasteiger partial charge is 0.469 e. The topological polar surface area (TPSA) is 123 Å². The maximum atomic E-state index is 12.9. The van der Waals surface area contributed by atoms with Crippen molar-refractivity contribution in [2.24, 2.45) is 5.92 Å². The van der Waals surface area contributed by atoms with Gasteiger partial charge in [0.15, 0.2) is 6.29 Å². The van der Waals surface area contributed by atoms with Crippen LogP contribution in [0.15, 0.2) is 128 Å². The van der Waals surface area contributed by atoms with Crippen LogP contribution in [0, 0.1) is 5.92 Å². The van der Waals surface area contributed by atoms with Gasteiger partial charge in [-0.1, -0.05) is 127 Å². The molecule has 1 aliphatic carbocycles. The van der Waals surface area contributed by atoms with E-state index in [2.05, 4.69) is 10.3 Å². The molecule has 0 bridgehead atoms. The van der Waals surface area contributed by atoms with Crippen molar-refractivity contribution in [3.05, 3.63) is 144 Å². The Morgan fingerprint density at radius 2 is 1.24 bits per heavy atom. The molecule has 11 nitrogen and oxygen atoms in total. The lowest BCUT2D eigenvalue weighted by Gasteiger charge is -2.47. The number of hydrogen-bond donors (Lipinski definition) is 1. The van der Waals surface area contributed by atoms with E-state index in [1.165, 1.54) is 7.11 Å². The number of ether oxygens (including phenoxy) is 6. The van der Waals surface area contributed by atoms with Crippen molar-refractivity contribution in [2.45, 2.75) is 88.5 Å². The lowest BCUT2D eigenvalue weighted by atomic mass is 9.81. The van der Waals surface area contributed by atoms with E-state index in [4.69, 9.17) is 28.4 Å². The summed E-state index contributed by atoms with van der Waals surface area (Å²) in [5.74, 6) is -0.978. The van der Waals surface area contributed by atoms with E-state index in [1.54, 1.807) is 4.68 Å². The van der Waals surface area contributed by atoms with Crippen molar-refractivity contribution in [3.8, 4) is 11.3 Å². The zero-order valence-electron chi connectivity index (χ0n) is 30.5. The lowest BCUT2D eigenvalue weighted by Crippen LogP contribution is -2.61. The van der Waals surface area contributed by atoms with Crippen molar-refractivity contribution in [1.82, 2.24) is 15.0 Å². The second-order valence-corrected chi connectivity index (χ2v) is 13.9. The quantitative estimate of drug-likeness (QED) is 0.130. The van der Waals surface area contributed by atoms with Gasteiger partial charge in [-0.15, -0.1) is 5.10 Å². The Balaban J connectivity index is 1.21. The number of nitrogens with zero attached hydrogens (tertiary/aromatic N) is 3. The predicted octanol–water partition coefficient (Wildman–Crippen LogP) is 6.32. The second kappa shape index (κ2) is 18.1. The van der Waals surface area contributed by atoms with Gasteiger partial charge in [-0.25, -0.2) is 4.68 Å². The summed E-state index contributed by atoms with van der Waals surface area (Å²) >= 11 is 0. The molecule has 7 rings (SSSR count). The van der Waals surface area contributed by atoms with Gasteiger partial charge in [0, 0.05) is 5.56 Å². The first-order valence-electron chi connectivity index (χ1n) is 18.5. The minimum Gasteiger partial charge on any atom is -0.469 e. The van der Waals surface area contributed by atoms with Crippen molar-refractivity contribution in [2.75, 3.05) is 7.11 Å². The number of carbonyl (C=O) groups excluding carboxylic acids is 1. The molecule has 9 atom stereocenters. The van der Waals surface area contributed by atoms with E-state index >= 15 is 0 Å². The number of hydrogen-bond acceptors (Lipinski definition) is 10. The van der Waals surface area contributed by atoms with Crippen LogP contribution in [0.2, 0.25) is 0 Å². The van der Waals surface area contributed by atoms with Crippen LogP contribution in [0.25, 0.3) is 11.3 Å². The Morgan fingerprint density at radius 1 is 0.722 bits per heavy atom. The van der Waals surface area contributed by atoms with Crippen LogP contribution in [-0.2, 0) is 53.0 Å². The molecule has 2 heterocycles. The zero-order chi connectivity index (χ0) is 37.3. The highest BCUT2D eigenvalue weighted by atomic mass is 16.7. The van der Waals surface area contributed by atoms with E-state index in [0.29, 0.717) is 25.3 Å². The normalized spacial score (nSPS) is 27.0. The first-order valence-corrected chi connectivity index (χ1v) is 18.5. The highest BCUT2D eigenvalue weighted by Crippen LogP contribution is 2.39. The highest BCUT2D eigenvalue weighted by Gasteiger charge is 2.51. The number of esters is 1. The molecule has 5 unspecified atom stereocenters. The number of rotatable bonds is 14. The van der Waals surface area contributed by atoms with Crippen LogP contribution < -0.4 is 0 Å². The van der Waals surface area contributed by atoms with E-state index in [9.17, 15) is 9.90 Å². The summed E-state index contributed by atoms with van der Waals surface area (Å²) in [6, 6.07) is 38.9. The number of carbonyl (C=O) groups is 1. The Kier molecular flexibility index (Phi) is 12.6. The van der Waals surface area contributed by atoms with Crippen LogP contribution in [0.4, 0.5) is 0 Å². The number of aliphatic hydroxyl groups excluding tert-OH is 1. The average Bonchev–Trinajstić information content (AvgIpc) is 3.71. The van der Waals surface area contributed by atoms with Gasteiger partial charge in [0.1, 0.15) is 30.1 Å². The molecule has 54 heavy (non-hydrogen) atoms. The Bertz CT molecular complexity index is 1880. The summed E-state index contributed by atoms with van der Waals surface area (Å²) < 4.78 is 40.4. The Labute approximate surface area is 315 Å². The van der Waals surface area contributed by atoms with Gasteiger partial charge in [-0.2, -0.15) is 0 Å². The Morgan fingerprint density at radius 3 is 1.80 bits per heavy atom. The molecule has 0 spiro atoms. The molecular formula is C43H47N3O8. The maximum absolute atomic E-state index is 12.9.